The van der Waals surface area contributed by atoms with E-state index in [-0.39, 0.29) is 17.2 Å². The highest BCUT2D eigenvalue weighted by molar-refractivity contribution is 6.13. The summed E-state index contributed by atoms with van der Waals surface area (Å²) < 4.78 is 40.4. The Kier molecular flexibility index (Phi) is 4.52. The van der Waals surface area contributed by atoms with Crippen LogP contribution in [0, 0.1) is 0 Å². The smallest absolute Gasteiger partial charge is 0.494 e. The van der Waals surface area contributed by atoms with Gasteiger partial charge in [-0.05, 0) is 49.4 Å². The molecular formula is C18H14F3N3O3. The summed E-state index contributed by atoms with van der Waals surface area (Å²) in [5.74, 6) is -1.12. The lowest BCUT2D eigenvalue weighted by Gasteiger charge is -2.08. The molecule has 0 unspecified atom stereocenters. The molecule has 3 rings (SSSR count). The van der Waals surface area contributed by atoms with Gasteiger partial charge in [0.1, 0.15) is 5.75 Å². The fourth-order valence-corrected chi connectivity index (χ4v) is 2.67. The third-order valence-electron chi connectivity index (χ3n) is 3.79. The first-order valence-corrected chi connectivity index (χ1v) is 7.70. The molecule has 27 heavy (non-hydrogen) atoms. The zero-order chi connectivity index (χ0) is 19.8. The van der Waals surface area contributed by atoms with Gasteiger partial charge in [0.05, 0.1) is 17.0 Å². The first-order chi connectivity index (χ1) is 12.6. The Labute approximate surface area is 151 Å². The van der Waals surface area contributed by atoms with E-state index in [0.717, 1.165) is 12.1 Å². The number of carbonyl (C=O) groups is 1. The van der Waals surface area contributed by atoms with Crippen LogP contribution in [0.5, 0.6) is 11.6 Å². The number of halogens is 3. The van der Waals surface area contributed by atoms with Crippen LogP contribution in [-0.4, -0.2) is 28.1 Å². The average Bonchev–Trinajstić information content (AvgIpc) is 2.90. The first kappa shape index (κ1) is 18.3. The summed E-state index contributed by atoms with van der Waals surface area (Å²) >= 11 is 0. The molecule has 9 heteroatoms. The molecule has 140 valence electrons. The lowest BCUT2D eigenvalue weighted by molar-refractivity contribution is -0.274. The summed E-state index contributed by atoms with van der Waals surface area (Å²) in [6.45, 7) is 1.62. The Morgan fingerprint density at radius 3 is 2.44 bits per heavy atom. The second-order valence-electron chi connectivity index (χ2n) is 5.71. The number of aromatic hydroxyl groups is 1. The lowest BCUT2D eigenvalue weighted by Crippen LogP contribution is -2.16. The Morgan fingerprint density at radius 1 is 1.19 bits per heavy atom. The number of nitrogens with zero attached hydrogens (tertiary/aromatic N) is 1. The highest BCUT2D eigenvalue weighted by Crippen LogP contribution is 2.30. The molecule has 0 atom stereocenters. The SMILES string of the molecule is CC(=Nc1ccc(OC(F)(F)F)cc1)c1c(O)[nH]c2ccc(C(N)=O)cc12. The van der Waals surface area contributed by atoms with Gasteiger partial charge in [-0.15, -0.1) is 13.2 Å². The highest BCUT2D eigenvalue weighted by Gasteiger charge is 2.30. The minimum Gasteiger partial charge on any atom is -0.494 e. The van der Waals surface area contributed by atoms with Crippen molar-refractivity contribution in [2.45, 2.75) is 13.3 Å². The number of aliphatic imine (C=N–C) groups is 1. The molecule has 0 radical (unpaired) electrons. The van der Waals surface area contributed by atoms with Gasteiger partial charge in [-0.2, -0.15) is 0 Å². The maximum absolute atomic E-state index is 12.2. The highest BCUT2D eigenvalue weighted by atomic mass is 19.4. The summed E-state index contributed by atoms with van der Waals surface area (Å²) in [7, 11) is 0. The predicted molar refractivity (Wildman–Crippen MR) is 93.5 cm³/mol. The molecule has 0 aliphatic carbocycles. The Morgan fingerprint density at radius 2 is 1.85 bits per heavy atom. The summed E-state index contributed by atoms with van der Waals surface area (Å²) in [5, 5.41) is 10.7. The minimum atomic E-state index is -4.77. The zero-order valence-corrected chi connectivity index (χ0v) is 14.0. The number of aromatic amines is 1. The largest absolute Gasteiger partial charge is 0.573 e. The summed E-state index contributed by atoms with van der Waals surface area (Å²) in [4.78, 5) is 18.5. The number of nitrogens with two attached hydrogens (primary N) is 1. The molecule has 0 aliphatic rings. The second-order valence-corrected chi connectivity index (χ2v) is 5.71. The number of nitrogens with one attached hydrogen (secondary N) is 1. The van der Waals surface area contributed by atoms with Crippen molar-refractivity contribution in [1.82, 2.24) is 4.98 Å². The Bertz CT molecular complexity index is 1040. The number of hydrogen-bond acceptors (Lipinski definition) is 4. The van der Waals surface area contributed by atoms with Gasteiger partial charge < -0.3 is 20.6 Å². The summed E-state index contributed by atoms with van der Waals surface area (Å²) in [5.41, 5.74) is 7.25. The van der Waals surface area contributed by atoms with Gasteiger partial charge in [0.25, 0.3) is 0 Å². The van der Waals surface area contributed by atoms with Crippen LogP contribution in [0.2, 0.25) is 0 Å². The van der Waals surface area contributed by atoms with Crippen molar-refractivity contribution < 1.29 is 27.8 Å². The molecule has 4 N–H and O–H groups in total. The van der Waals surface area contributed by atoms with E-state index in [1.54, 1.807) is 13.0 Å². The van der Waals surface area contributed by atoms with E-state index >= 15 is 0 Å². The third kappa shape index (κ3) is 4.02. The number of amides is 1. The molecule has 0 bridgehead atoms. The molecule has 0 saturated carbocycles. The molecule has 6 nitrogen and oxygen atoms in total. The zero-order valence-electron chi connectivity index (χ0n) is 14.0. The second kappa shape index (κ2) is 6.67. The minimum absolute atomic E-state index is 0.148. The number of hydrogen-bond donors (Lipinski definition) is 3. The van der Waals surface area contributed by atoms with Gasteiger partial charge in [0.2, 0.25) is 5.91 Å². The van der Waals surface area contributed by atoms with Crippen molar-refractivity contribution in [3.63, 3.8) is 0 Å². The Hall–Kier alpha value is -3.49. The number of aromatic nitrogens is 1. The van der Waals surface area contributed by atoms with Crippen molar-refractivity contribution in [3.05, 3.63) is 53.6 Å². The van der Waals surface area contributed by atoms with Crippen LogP contribution in [0.4, 0.5) is 18.9 Å². The number of benzene rings is 2. The van der Waals surface area contributed by atoms with Crippen molar-refractivity contribution in [1.29, 1.82) is 0 Å². The van der Waals surface area contributed by atoms with Crippen molar-refractivity contribution in [2.75, 3.05) is 0 Å². The van der Waals surface area contributed by atoms with Crippen LogP contribution in [0.25, 0.3) is 10.9 Å². The van der Waals surface area contributed by atoms with Gasteiger partial charge in [0, 0.05) is 16.5 Å². The first-order valence-electron chi connectivity index (χ1n) is 7.70. The summed E-state index contributed by atoms with van der Waals surface area (Å²) in [6, 6.07) is 9.64. The van der Waals surface area contributed by atoms with E-state index in [1.165, 1.54) is 24.3 Å². The molecule has 1 heterocycles. The van der Waals surface area contributed by atoms with E-state index in [9.17, 15) is 23.1 Å². The number of ether oxygens (including phenoxy) is 1. The normalized spacial score (nSPS) is 12.4. The number of H-pyrrole nitrogens is 1. The van der Waals surface area contributed by atoms with Gasteiger partial charge in [0.15, 0.2) is 5.88 Å². The van der Waals surface area contributed by atoms with Crippen LogP contribution in [0.3, 0.4) is 0 Å². The van der Waals surface area contributed by atoms with Gasteiger partial charge in [-0.1, -0.05) is 0 Å². The van der Waals surface area contributed by atoms with Gasteiger partial charge in [-0.25, -0.2) is 0 Å². The number of primary amides is 1. The van der Waals surface area contributed by atoms with Crippen molar-refractivity contribution in [2.24, 2.45) is 10.7 Å². The van der Waals surface area contributed by atoms with Crippen LogP contribution in [-0.2, 0) is 0 Å². The molecule has 1 amide bonds. The molecule has 2 aromatic carbocycles. The standard InChI is InChI=1S/C18H14F3N3O3/c1-9(23-11-3-5-12(6-4-11)27-18(19,20)21)15-13-8-10(16(22)25)2-7-14(13)24-17(15)26/h2-8,24,26H,1H3,(H2,22,25). The topological polar surface area (TPSA) is 101 Å². The number of carbonyl (C=O) groups excluding carboxylic acids is 1. The van der Waals surface area contributed by atoms with E-state index in [1.807, 2.05) is 0 Å². The molecule has 3 aromatic rings. The fourth-order valence-electron chi connectivity index (χ4n) is 2.67. The van der Waals surface area contributed by atoms with E-state index in [0.29, 0.717) is 27.9 Å². The number of rotatable bonds is 4. The van der Waals surface area contributed by atoms with Crippen LogP contribution >= 0.6 is 0 Å². The van der Waals surface area contributed by atoms with Crippen molar-refractivity contribution >= 4 is 28.2 Å². The monoisotopic (exact) mass is 377 g/mol. The number of alkyl halides is 3. The fraction of sp³-hybridized carbons (Fsp3) is 0.111. The summed E-state index contributed by atoms with van der Waals surface area (Å²) in [6.07, 6.45) is -4.77. The van der Waals surface area contributed by atoms with Crippen LogP contribution in [0.15, 0.2) is 47.5 Å². The molecular weight excluding hydrogens is 363 g/mol. The van der Waals surface area contributed by atoms with E-state index in [2.05, 4.69) is 14.7 Å². The van der Waals surface area contributed by atoms with Crippen LogP contribution in [0.1, 0.15) is 22.8 Å². The molecule has 0 fully saturated rings. The molecule has 0 aliphatic heterocycles. The molecule has 0 spiro atoms. The molecule has 0 saturated heterocycles. The van der Waals surface area contributed by atoms with Crippen molar-refractivity contribution in [3.8, 4) is 11.6 Å². The van der Waals surface area contributed by atoms with Crippen LogP contribution < -0.4 is 10.5 Å². The Balaban J connectivity index is 1.97. The molecule has 1 aromatic heterocycles. The third-order valence-corrected chi connectivity index (χ3v) is 3.79. The number of fused-ring (bicyclic) bond motifs is 1. The predicted octanol–water partition coefficient (Wildman–Crippen LogP) is 4.01. The van der Waals surface area contributed by atoms with Gasteiger partial charge in [-0.3, -0.25) is 9.79 Å². The maximum atomic E-state index is 12.2. The average molecular weight is 377 g/mol. The maximum Gasteiger partial charge on any atom is 0.573 e. The quantitative estimate of drug-likeness (QED) is 0.599. The van der Waals surface area contributed by atoms with E-state index < -0.39 is 12.3 Å². The van der Waals surface area contributed by atoms with E-state index in [4.69, 9.17) is 5.73 Å². The van der Waals surface area contributed by atoms with Gasteiger partial charge >= 0.3 is 6.36 Å². The lowest BCUT2D eigenvalue weighted by atomic mass is 10.1.